The normalized spacial score (nSPS) is 10.8. The van der Waals surface area contributed by atoms with Crippen LogP contribution in [0.4, 0.5) is 5.69 Å². The maximum atomic E-state index is 12.1. The molecule has 0 aromatic heterocycles. The molecule has 33 heavy (non-hydrogen) atoms. The van der Waals surface area contributed by atoms with Crippen molar-refractivity contribution in [3.8, 4) is 5.75 Å². The molecule has 0 bridgehead atoms. The van der Waals surface area contributed by atoms with Crippen molar-refractivity contribution in [1.29, 1.82) is 0 Å². The van der Waals surface area contributed by atoms with E-state index in [9.17, 15) is 14.4 Å². The zero-order valence-electron chi connectivity index (χ0n) is 19.1. The predicted octanol–water partition coefficient (Wildman–Crippen LogP) is 2.39. The molecule has 0 aliphatic carbocycles. The maximum Gasteiger partial charge on any atom is 0.329 e. The number of hydrogen-bond donors (Lipinski definition) is 3. The van der Waals surface area contributed by atoms with Crippen molar-refractivity contribution in [2.75, 3.05) is 25.1 Å². The SMILES string of the molecule is Cc1ccccc1NC(=O)COc1ccc(/C=N\NC(=O)C(=O)NCCCOC(C)C)cc1. The summed E-state index contributed by atoms with van der Waals surface area (Å²) in [6, 6.07) is 14.3. The van der Waals surface area contributed by atoms with Crippen molar-refractivity contribution in [2.24, 2.45) is 5.10 Å². The minimum Gasteiger partial charge on any atom is -0.484 e. The summed E-state index contributed by atoms with van der Waals surface area (Å²) in [7, 11) is 0. The summed E-state index contributed by atoms with van der Waals surface area (Å²) in [4.78, 5) is 35.5. The Morgan fingerprint density at radius 2 is 1.76 bits per heavy atom. The van der Waals surface area contributed by atoms with Crippen LogP contribution in [0.5, 0.6) is 5.75 Å². The Balaban J connectivity index is 1.69. The van der Waals surface area contributed by atoms with Crippen LogP contribution >= 0.6 is 0 Å². The first-order valence-corrected chi connectivity index (χ1v) is 10.7. The lowest BCUT2D eigenvalue weighted by atomic mass is 10.2. The molecule has 2 aromatic carbocycles. The highest BCUT2D eigenvalue weighted by atomic mass is 16.5. The van der Waals surface area contributed by atoms with Crippen LogP contribution in [0.25, 0.3) is 0 Å². The topological polar surface area (TPSA) is 118 Å². The quantitative estimate of drug-likeness (QED) is 0.209. The minimum atomic E-state index is -0.851. The molecule has 0 unspecified atom stereocenters. The second kappa shape index (κ2) is 13.6. The molecular formula is C24H30N4O5. The Morgan fingerprint density at radius 3 is 2.45 bits per heavy atom. The van der Waals surface area contributed by atoms with Crippen LogP contribution in [0.2, 0.25) is 0 Å². The first-order valence-electron chi connectivity index (χ1n) is 10.7. The first kappa shape index (κ1) is 25.5. The van der Waals surface area contributed by atoms with Crippen LogP contribution in [0.3, 0.4) is 0 Å². The molecule has 9 nitrogen and oxygen atoms in total. The number of ether oxygens (including phenoxy) is 2. The van der Waals surface area contributed by atoms with Crippen LogP contribution < -0.4 is 20.8 Å². The van der Waals surface area contributed by atoms with Gasteiger partial charge in [-0.1, -0.05) is 18.2 Å². The fourth-order valence-electron chi connectivity index (χ4n) is 2.59. The molecule has 0 aliphatic heterocycles. The molecular weight excluding hydrogens is 424 g/mol. The molecule has 0 heterocycles. The van der Waals surface area contributed by atoms with E-state index < -0.39 is 11.8 Å². The Labute approximate surface area is 193 Å². The lowest BCUT2D eigenvalue weighted by Crippen LogP contribution is -2.38. The number of anilines is 1. The fraction of sp³-hybridized carbons (Fsp3) is 0.333. The van der Waals surface area contributed by atoms with E-state index in [-0.39, 0.29) is 18.6 Å². The van der Waals surface area contributed by atoms with Crippen molar-refractivity contribution in [3.05, 3.63) is 59.7 Å². The molecule has 0 spiro atoms. The number of hydrazone groups is 1. The number of carbonyl (C=O) groups excluding carboxylic acids is 3. The highest BCUT2D eigenvalue weighted by Crippen LogP contribution is 2.14. The molecule has 0 saturated carbocycles. The number of nitrogens with one attached hydrogen (secondary N) is 3. The average molecular weight is 455 g/mol. The van der Waals surface area contributed by atoms with Gasteiger partial charge in [-0.15, -0.1) is 0 Å². The van der Waals surface area contributed by atoms with Crippen LogP contribution in [0.15, 0.2) is 53.6 Å². The predicted molar refractivity (Wildman–Crippen MR) is 126 cm³/mol. The van der Waals surface area contributed by atoms with E-state index in [0.717, 1.165) is 11.3 Å². The highest BCUT2D eigenvalue weighted by Gasteiger charge is 2.11. The Morgan fingerprint density at radius 1 is 1.03 bits per heavy atom. The van der Waals surface area contributed by atoms with E-state index >= 15 is 0 Å². The number of aryl methyl sites for hydroxylation is 1. The van der Waals surface area contributed by atoms with E-state index in [1.54, 1.807) is 24.3 Å². The summed E-state index contributed by atoms with van der Waals surface area (Å²) < 4.78 is 10.8. The van der Waals surface area contributed by atoms with Crippen LogP contribution in [-0.2, 0) is 19.1 Å². The lowest BCUT2D eigenvalue weighted by molar-refractivity contribution is -0.139. The molecule has 0 radical (unpaired) electrons. The zero-order chi connectivity index (χ0) is 24.1. The fourth-order valence-corrected chi connectivity index (χ4v) is 2.59. The van der Waals surface area contributed by atoms with Crippen molar-refractivity contribution < 1.29 is 23.9 Å². The van der Waals surface area contributed by atoms with Gasteiger partial charge >= 0.3 is 11.8 Å². The average Bonchev–Trinajstić information content (AvgIpc) is 2.79. The van der Waals surface area contributed by atoms with E-state index in [0.29, 0.717) is 30.9 Å². The monoisotopic (exact) mass is 454 g/mol. The van der Waals surface area contributed by atoms with Gasteiger partial charge in [-0.3, -0.25) is 14.4 Å². The number of carbonyl (C=O) groups is 3. The summed E-state index contributed by atoms with van der Waals surface area (Å²) in [5.41, 5.74) is 4.57. The van der Waals surface area contributed by atoms with Crippen LogP contribution in [0.1, 0.15) is 31.4 Å². The van der Waals surface area contributed by atoms with Crippen molar-refractivity contribution >= 4 is 29.6 Å². The van der Waals surface area contributed by atoms with E-state index in [2.05, 4.69) is 21.2 Å². The van der Waals surface area contributed by atoms with Gasteiger partial charge in [0.1, 0.15) is 5.75 Å². The molecule has 176 valence electrons. The largest absolute Gasteiger partial charge is 0.484 e. The van der Waals surface area contributed by atoms with Gasteiger partial charge < -0.3 is 20.1 Å². The molecule has 2 aromatic rings. The van der Waals surface area contributed by atoms with Gasteiger partial charge in [0.05, 0.1) is 12.3 Å². The van der Waals surface area contributed by atoms with E-state index in [1.807, 2.05) is 45.0 Å². The van der Waals surface area contributed by atoms with Gasteiger partial charge in [0, 0.05) is 18.8 Å². The molecule has 3 N–H and O–H groups in total. The van der Waals surface area contributed by atoms with Gasteiger partial charge in [-0.25, -0.2) is 5.43 Å². The molecule has 9 heteroatoms. The second-order valence-electron chi connectivity index (χ2n) is 7.45. The molecule has 0 aliphatic rings. The Kier molecular flexibility index (Phi) is 10.6. The zero-order valence-corrected chi connectivity index (χ0v) is 19.1. The van der Waals surface area contributed by atoms with Crippen molar-refractivity contribution in [1.82, 2.24) is 10.7 Å². The van der Waals surface area contributed by atoms with Crippen molar-refractivity contribution in [3.63, 3.8) is 0 Å². The number of amides is 3. The summed E-state index contributed by atoms with van der Waals surface area (Å²) in [6.45, 7) is 6.49. The van der Waals surface area contributed by atoms with Gasteiger partial charge in [-0.05, 0) is 68.7 Å². The molecule has 0 atom stereocenters. The molecule has 0 saturated heterocycles. The van der Waals surface area contributed by atoms with Gasteiger partial charge in [0.25, 0.3) is 5.91 Å². The standard InChI is InChI=1S/C24H30N4O5/c1-17(2)32-14-6-13-25-23(30)24(31)28-26-15-19-9-11-20(12-10-19)33-16-22(29)27-21-8-5-4-7-18(21)3/h4-5,7-12,15,17H,6,13-14,16H2,1-3H3,(H,25,30)(H,27,29)(H,28,31)/b26-15-. The van der Waals surface area contributed by atoms with Gasteiger partial charge in [0.2, 0.25) is 0 Å². The minimum absolute atomic E-state index is 0.127. The Hall–Kier alpha value is -3.72. The Bertz CT molecular complexity index is 958. The number of hydrogen-bond acceptors (Lipinski definition) is 6. The third-order valence-corrected chi connectivity index (χ3v) is 4.31. The van der Waals surface area contributed by atoms with E-state index in [1.165, 1.54) is 6.21 Å². The first-order chi connectivity index (χ1) is 15.8. The summed E-state index contributed by atoms with van der Waals surface area (Å²) in [5, 5.41) is 9.07. The number of benzene rings is 2. The third-order valence-electron chi connectivity index (χ3n) is 4.31. The number of nitrogens with zero attached hydrogens (tertiary/aromatic N) is 1. The highest BCUT2D eigenvalue weighted by molar-refractivity contribution is 6.35. The molecule has 0 fully saturated rings. The van der Waals surface area contributed by atoms with Crippen LogP contribution in [0, 0.1) is 6.92 Å². The summed E-state index contributed by atoms with van der Waals surface area (Å²) in [5.74, 6) is -1.36. The smallest absolute Gasteiger partial charge is 0.329 e. The second-order valence-corrected chi connectivity index (χ2v) is 7.45. The van der Waals surface area contributed by atoms with Gasteiger partial charge in [-0.2, -0.15) is 5.10 Å². The van der Waals surface area contributed by atoms with Crippen molar-refractivity contribution in [2.45, 2.75) is 33.3 Å². The molecule has 3 amide bonds. The third kappa shape index (κ3) is 9.96. The summed E-state index contributed by atoms with van der Waals surface area (Å²) in [6.07, 6.45) is 2.14. The lowest BCUT2D eigenvalue weighted by Gasteiger charge is -2.09. The molecule has 2 rings (SSSR count). The summed E-state index contributed by atoms with van der Waals surface area (Å²) >= 11 is 0. The number of para-hydroxylation sites is 1. The van der Waals surface area contributed by atoms with E-state index in [4.69, 9.17) is 9.47 Å². The van der Waals surface area contributed by atoms with Gasteiger partial charge in [0.15, 0.2) is 6.61 Å². The maximum absolute atomic E-state index is 12.1. The van der Waals surface area contributed by atoms with Crippen LogP contribution in [-0.4, -0.2) is 49.8 Å². The number of rotatable bonds is 11.